The molecule has 0 amide bonds. The van der Waals surface area contributed by atoms with Crippen molar-refractivity contribution >= 4 is 23.4 Å². The Morgan fingerprint density at radius 3 is 2.79 bits per heavy atom. The first kappa shape index (κ1) is 18.3. The zero-order valence-corrected chi connectivity index (χ0v) is 17.2. The number of pyridine rings is 1. The number of hydrogen-bond acceptors (Lipinski definition) is 7. The van der Waals surface area contributed by atoms with Crippen LogP contribution in [0.1, 0.15) is 36.0 Å². The van der Waals surface area contributed by atoms with Crippen LogP contribution in [0.15, 0.2) is 52.4 Å². The lowest BCUT2D eigenvalue weighted by molar-refractivity contribution is 0.375. The van der Waals surface area contributed by atoms with Crippen molar-refractivity contribution in [1.29, 1.82) is 0 Å². The number of halogens is 1. The van der Waals surface area contributed by atoms with Crippen LogP contribution in [0, 0.1) is 6.92 Å². The Hall–Kier alpha value is -2.71. The van der Waals surface area contributed by atoms with Gasteiger partial charge in [0.2, 0.25) is 5.89 Å². The van der Waals surface area contributed by atoms with Crippen LogP contribution in [-0.4, -0.2) is 29.9 Å². The van der Waals surface area contributed by atoms with Gasteiger partial charge in [0.25, 0.3) is 0 Å². The molecule has 0 bridgehead atoms. The Kier molecular flexibility index (Phi) is 4.81. The van der Waals surface area contributed by atoms with E-state index in [1.807, 2.05) is 41.8 Å². The molecule has 4 aromatic rings. The molecule has 1 saturated carbocycles. The second-order valence-electron chi connectivity index (χ2n) is 6.87. The van der Waals surface area contributed by atoms with Crippen molar-refractivity contribution < 1.29 is 4.52 Å². The van der Waals surface area contributed by atoms with Crippen molar-refractivity contribution in [3.05, 3.63) is 65.0 Å². The highest BCUT2D eigenvalue weighted by molar-refractivity contribution is 7.98. The summed E-state index contributed by atoms with van der Waals surface area (Å²) >= 11 is 7.91. The summed E-state index contributed by atoms with van der Waals surface area (Å²) in [5.41, 5.74) is 2.82. The highest BCUT2D eigenvalue weighted by Crippen LogP contribution is 2.39. The highest BCUT2D eigenvalue weighted by atomic mass is 35.5. The van der Waals surface area contributed by atoms with Gasteiger partial charge in [-0.2, -0.15) is 4.98 Å². The summed E-state index contributed by atoms with van der Waals surface area (Å²) in [4.78, 5) is 8.60. The first-order chi connectivity index (χ1) is 14.2. The van der Waals surface area contributed by atoms with Gasteiger partial charge in [0, 0.05) is 28.9 Å². The number of aromatic nitrogens is 6. The lowest BCUT2D eigenvalue weighted by atomic mass is 10.2. The fourth-order valence-electron chi connectivity index (χ4n) is 3.06. The Morgan fingerprint density at radius 2 is 2.00 bits per heavy atom. The van der Waals surface area contributed by atoms with Crippen LogP contribution in [0.2, 0.25) is 5.02 Å². The molecule has 0 N–H and O–H groups in total. The second kappa shape index (κ2) is 7.61. The van der Waals surface area contributed by atoms with Crippen molar-refractivity contribution in [2.24, 2.45) is 0 Å². The van der Waals surface area contributed by atoms with Gasteiger partial charge in [-0.25, -0.2) is 0 Å². The highest BCUT2D eigenvalue weighted by Gasteiger charge is 2.29. The van der Waals surface area contributed by atoms with Gasteiger partial charge in [-0.1, -0.05) is 34.6 Å². The van der Waals surface area contributed by atoms with Crippen LogP contribution < -0.4 is 0 Å². The van der Waals surface area contributed by atoms with Gasteiger partial charge in [-0.3, -0.25) is 9.55 Å². The Bertz CT molecular complexity index is 1160. The third kappa shape index (κ3) is 3.65. The topological polar surface area (TPSA) is 82.5 Å². The maximum absolute atomic E-state index is 6.39. The number of nitrogens with zero attached hydrogens (tertiary/aromatic N) is 6. The molecule has 9 heteroatoms. The molecule has 0 atom stereocenters. The Morgan fingerprint density at radius 1 is 1.17 bits per heavy atom. The molecule has 146 valence electrons. The average Bonchev–Trinajstić information content (AvgIpc) is 3.34. The standard InChI is InChI=1S/C20H17ClN6OS/c1-12-15(21)3-2-4-16(12)27-18(13-7-9-22-10-8-13)24-25-20(27)29-11-17-23-19(28-26-17)14-5-6-14/h2-4,7-10,14H,5-6,11H2,1H3. The molecule has 1 aromatic carbocycles. The molecule has 1 fully saturated rings. The van der Waals surface area contributed by atoms with Crippen LogP contribution in [0.5, 0.6) is 0 Å². The number of rotatable bonds is 6. The first-order valence-electron chi connectivity index (χ1n) is 9.27. The molecule has 0 unspecified atom stereocenters. The fourth-order valence-corrected chi connectivity index (χ4v) is 4.02. The summed E-state index contributed by atoms with van der Waals surface area (Å²) in [7, 11) is 0. The normalized spacial score (nSPS) is 13.7. The van der Waals surface area contributed by atoms with Crippen LogP contribution >= 0.6 is 23.4 Å². The van der Waals surface area contributed by atoms with E-state index in [1.54, 1.807) is 12.4 Å². The SMILES string of the molecule is Cc1c(Cl)cccc1-n1c(SCc2noc(C3CC3)n2)nnc1-c1ccncc1. The van der Waals surface area contributed by atoms with Crippen molar-refractivity contribution in [3.8, 4) is 17.1 Å². The third-order valence-electron chi connectivity index (χ3n) is 4.79. The zero-order chi connectivity index (χ0) is 19.8. The van der Waals surface area contributed by atoms with E-state index in [9.17, 15) is 0 Å². The molecule has 3 aromatic heterocycles. The van der Waals surface area contributed by atoms with Crippen LogP contribution in [0.25, 0.3) is 17.1 Å². The summed E-state index contributed by atoms with van der Waals surface area (Å²) in [6.45, 7) is 1.99. The maximum atomic E-state index is 6.39. The lowest BCUT2D eigenvalue weighted by Gasteiger charge is -2.13. The Labute approximate surface area is 176 Å². The van der Waals surface area contributed by atoms with E-state index in [4.69, 9.17) is 16.1 Å². The zero-order valence-electron chi connectivity index (χ0n) is 15.6. The van der Waals surface area contributed by atoms with E-state index in [1.165, 1.54) is 11.8 Å². The molecule has 1 aliphatic carbocycles. The predicted octanol–water partition coefficient (Wildman–Crippen LogP) is 4.84. The summed E-state index contributed by atoms with van der Waals surface area (Å²) in [5.74, 6) is 3.12. The quantitative estimate of drug-likeness (QED) is 0.409. The molecule has 0 saturated heterocycles. The van der Waals surface area contributed by atoms with Gasteiger partial charge in [-0.15, -0.1) is 10.2 Å². The monoisotopic (exact) mass is 424 g/mol. The smallest absolute Gasteiger partial charge is 0.229 e. The van der Waals surface area contributed by atoms with Gasteiger partial charge in [0.1, 0.15) is 0 Å². The van der Waals surface area contributed by atoms with Gasteiger partial charge >= 0.3 is 0 Å². The first-order valence-corrected chi connectivity index (χ1v) is 10.6. The molecule has 0 radical (unpaired) electrons. The third-order valence-corrected chi connectivity index (χ3v) is 6.13. The molecular formula is C20H17ClN6OS. The summed E-state index contributed by atoms with van der Waals surface area (Å²) in [5, 5.41) is 14.4. The fraction of sp³-hybridized carbons (Fsp3) is 0.250. The minimum atomic E-state index is 0.442. The number of benzene rings is 1. The minimum absolute atomic E-state index is 0.442. The summed E-state index contributed by atoms with van der Waals surface area (Å²) in [6.07, 6.45) is 5.74. The molecule has 29 heavy (non-hydrogen) atoms. The Balaban J connectivity index is 1.52. The molecule has 0 spiro atoms. The molecule has 3 heterocycles. The van der Waals surface area contributed by atoms with Crippen molar-refractivity contribution in [3.63, 3.8) is 0 Å². The van der Waals surface area contributed by atoms with E-state index >= 15 is 0 Å². The maximum Gasteiger partial charge on any atom is 0.229 e. The predicted molar refractivity (Wildman–Crippen MR) is 110 cm³/mol. The van der Waals surface area contributed by atoms with E-state index in [0.29, 0.717) is 22.5 Å². The summed E-state index contributed by atoms with van der Waals surface area (Å²) in [6, 6.07) is 9.64. The van der Waals surface area contributed by atoms with Crippen molar-refractivity contribution in [2.75, 3.05) is 0 Å². The van der Waals surface area contributed by atoms with Crippen molar-refractivity contribution in [2.45, 2.75) is 36.6 Å². The molecule has 0 aliphatic heterocycles. The summed E-state index contributed by atoms with van der Waals surface area (Å²) < 4.78 is 7.38. The largest absolute Gasteiger partial charge is 0.339 e. The van der Waals surface area contributed by atoms with Crippen LogP contribution in [0.3, 0.4) is 0 Å². The second-order valence-corrected chi connectivity index (χ2v) is 8.22. The van der Waals surface area contributed by atoms with Gasteiger partial charge in [-0.05, 0) is 49.6 Å². The molecular weight excluding hydrogens is 408 g/mol. The molecule has 5 rings (SSSR count). The molecule has 1 aliphatic rings. The van der Waals surface area contributed by atoms with E-state index < -0.39 is 0 Å². The van der Waals surface area contributed by atoms with Gasteiger partial charge < -0.3 is 4.52 Å². The van der Waals surface area contributed by atoms with Gasteiger partial charge in [0.15, 0.2) is 16.8 Å². The number of thioether (sulfide) groups is 1. The number of hydrogen-bond donors (Lipinski definition) is 0. The van der Waals surface area contributed by atoms with E-state index in [2.05, 4.69) is 25.3 Å². The molecule has 7 nitrogen and oxygen atoms in total. The minimum Gasteiger partial charge on any atom is -0.339 e. The average molecular weight is 425 g/mol. The van der Waals surface area contributed by atoms with Crippen molar-refractivity contribution in [1.82, 2.24) is 29.9 Å². The van der Waals surface area contributed by atoms with Crippen LogP contribution in [-0.2, 0) is 5.75 Å². The van der Waals surface area contributed by atoms with E-state index in [0.717, 1.165) is 46.5 Å². The van der Waals surface area contributed by atoms with Crippen LogP contribution in [0.4, 0.5) is 0 Å². The van der Waals surface area contributed by atoms with E-state index in [-0.39, 0.29) is 0 Å². The lowest BCUT2D eigenvalue weighted by Crippen LogP contribution is -2.02. The van der Waals surface area contributed by atoms with Gasteiger partial charge in [0.05, 0.1) is 11.4 Å².